The quantitative estimate of drug-likeness (QED) is 0.796. The fourth-order valence-corrected chi connectivity index (χ4v) is 1.92. The van der Waals surface area contributed by atoms with Crippen LogP contribution in [0.4, 0.5) is 5.69 Å². The van der Waals surface area contributed by atoms with Gasteiger partial charge in [0.05, 0.1) is 17.7 Å². The van der Waals surface area contributed by atoms with E-state index < -0.39 is 11.9 Å². The standard InChI is InChI=1S/C16H23NO5/c1-11(2)22-14-8-6-5-7-13(14)17(15(18)10-21-4)9-12(3)16(19)20/h5-8,11-12H,9-10H2,1-4H3,(H,19,20). The molecule has 1 aromatic rings. The number of ether oxygens (including phenoxy) is 2. The van der Waals surface area contributed by atoms with Gasteiger partial charge in [-0.25, -0.2) is 0 Å². The van der Waals surface area contributed by atoms with Crippen LogP contribution in [0, 0.1) is 5.92 Å². The van der Waals surface area contributed by atoms with Crippen LogP contribution in [0.15, 0.2) is 24.3 Å². The molecular formula is C16H23NO5. The summed E-state index contributed by atoms with van der Waals surface area (Å²) in [5.74, 6) is -1.43. The molecule has 0 bridgehead atoms. The number of methoxy groups -OCH3 is 1. The molecular weight excluding hydrogens is 286 g/mol. The third-order valence-electron chi connectivity index (χ3n) is 2.97. The van der Waals surface area contributed by atoms with Crippen LogP contribution in [0.3, 0.4) is 0 Å². The fraction of sp³-hybridized carbons (Fsp3) is 0.500. The number of carbonyl (C=O) groups is 2. The van der Waals surface area contributed by atoms with Crippen molar-refractivity contribution in [1.29, 1.82) is 0 Å². The van der Waals surface area contributed by atoms with E-state index in [0.717, 1.165) is 0 Å². The Morgan fingerprint density at radius 3 is 2.41 bits per heavy atom. The molecule has 0 spiro atoms. The van der Waals surface area contributed by atoms with Crippen molar-refractivity contribution in [1.82, 2.24) is 0 Å². The van der Waals surface area contributed by atoms with Gasteiger partial charge in [-0.1, -0.05) is 19.1 Å². The van der Waals surface area contributed by atoms with E-state index >= 15 is 0 Å². The number of para-hydroxylation sites is 2. The van der Waals surface area contributed by atoms with Gasteiger partial charge in [0.1, 0.15) is 12.4 Å². The third-order valence-corrected chi connectivity index (χ3v) is 2.97. The maximum atomic E-state index is 12.3. The van der Waals surface area contributed by atoms with Gasteiger partial charge in [0.25, 0.3) is 5.91 Å². The SMILES string of the molecule is COCC(=O)N(CC(C)C(=O)O)c1ccccc1OC(C)C. The number of carboxylic acid groups (broad SMARTS) is 1. The molecule has 1 aromatic carbocycles. The zero-order valence-electron chi connectivity index (χ0n) is 13.4. The maximum absolute atomic E-state index is 12.3. The van der Waals surface area contributed by atoms with E-state index in [2.05, 4.69) is 0 Å². The molecule has 6 heteroatoms. The number of hydrogen-bond donors (Lipinski definition) is 1. The molecule has 22 heavy (non-hydrogen) atoms. The van der Waals surface area contributed by atoms with Crippen molar-refractivity contribution in [3.8, 4) is 5.75 Å². The first-order valence-corrected chi connectivity index (χ1v) is 7.14. The number of amides is 1. The Bertz CT molecular complexity index is 515. The molecule has 0 aromatic heterocycles. The average Bonchev–Trinajstić information content (AvgIpc) is 2.44. The van der Waals surface area contributed by atoms with Gasteiger partial charge in [0.15, 0.2) is 0 Å². The Balaban J connectivity index is 3.14. The van der Waals surface area contributed by atoms with Crippen LogP contribution in [0.5, 0.6) is 5.75 Å². The van der Waals surface area contributed by atoms with Crippen molar-refractivity contribution in [2.24, 2.45) is 5.92 Å². The van der Waals surface area contributed by atoms with Gasteiger partial charge >= 0.3 is 5.97 Å². The van der Waals surface area contributed by atoms with Crippen molar-refractivity contribution in [3.05, 3.63) is 24.3 Å². The second kappa shape index (κ2) is 8.38. The largest absolute Gasteiger partial charge is 0.489 e. The van der Waals surface area contributed by atoms with Crippen LogP contribution in [-0.2, 0) is 14.3 Å². The van der Waals surface area contributed by atoms with E-state index in [-0.39, 0.29) is 25.2 Å². The molecule has 0 aliphatic carbocycles. The first-order chi connectivity index (χ1) is 10.4. The minimum absolute atomic E-state index is 0.0516. The average molecular weight is 309 g/mol. The summed E-state index contributed by atoms with van der Waals surface area (Å²) in [5, 5.41) is 9.10. The number of anilines is 1. The van der Waals surface area contributed by atoms with Gasteiger partial charge < -0.3 is 19.5 Å². The Kier molecular flexibility index (Phi) is 6.85. The van der Waals surface area contributed by atoms with Crippen molar-refractivity contribution in [3.63, 3.8) is 0 Å². The number of benzene rings is 1. The highest BCUT2D eigenvalue weighted by Crippen LogP contribution is 2.29. The molecule has 1 N–H and O–H groups in total. The fourth-order valence-electron chi connectivity index (χ4n) is 1.92. The highest BCUT2D eigenvalue weighted by Gasteiger charge is 2.24. The van der Waals surface area contributed by atoms with Gasteiger partial charge in [0.2, 0.25) is 0 Å². The normalized spacial score (nSPS) is 12.0. The molecule has 122 valence electrons. The van der Waals surface area contributed by atoms with Crippen LogP contribution >= 0.6 is 0 Å². The highest BCUT2D eigenvalue weighted by molar-refractivity contribution is 5.96. The van der Waals surface area contributed by atoms with E-state index in [1.165, 1.54) is 12.0 Å². The summed E-state index contributed by atoms with van der Waals surface area (Å²) in [6.45, 7) is 5.26. The van der Waals surface area contributed by atoms with Gasteiger partial charge in [-0.15, -0.1) is 0 Å². The molecule has 0 fully saturated rings. The third kappa shape index (κ3) is 5.04. The number of carboxylic acids is 1. The highest BCUT2D eigenvalue weighted by atomic mass is 16.5. The minimum Gasteiger partial charge on any atom is -0.489 e. The van der Waals surface area contributed by atoms with E-state index in [4.69, 9.17) is 14.6 Å². The second-order valence-electron chi connectivity index (χ2n) is 5.31. The summed E-state index contributed by atoms with van der Waals surface area (Å²) in [4.78, 5) is 24.8. The molecule has 1 unspecified atom stereocenters. The monoisotopic (exact) mass is 309 g/mol. The number of hydrogen-bond acceptors (Lipinski definition) is 4. The van der Waals surface area contributed by atoms with Crippen LogP contribution in [-0.4, -0.2) is 43.3 Å². The molecule has 1 amide bonds. The van der Waals surface area contributed by atoms with Gasteiger partial charge in [0, 0.05) is 13.7 Å². The summed E-state index contributed by atoms with van der Waals surface area (Å²) in [6.07, 6.45) is -0.0579. The molecule has 0 radical (unpaired) electrons. The Morgan fingerprint density at radius 1 is 1.23 bits per heavy atom. The lowest BCUT2D eigenvalue weighted by Crippen LogP contribution is -2.39. The predicted molar refractivity (Wildman–Crippen MR) is 83.2 cm³/mol. The molecule has 1 atom stereocenters. The number of aliphatic carboxylic acids is 1. The topological polar surface area (TPSA) is 76.1 Å². The van der Waals surface area contributed by atoms with E-state index in [9.17, 15) is 9.59 Å². The molecule has 0 heterocycles. The molecule has 0 aliphatic heterocycles. The molecule has 6 nitrogen and oxygen atoms in total. The molecule has 1 rings (SSSR count). The smallest absolute Gasteiger partial charge is 0.308 e. The lowest BCUT2D eigenvalue weighted by molar-refractivity contribution is -0.140. The molecule has 0 saturated heterocycles. The van der Waals surface area contributed by atoms with Crippen LogP contribution < -0.4 is 9.64 Å². The summed E-state index contributed by atoms with van der Waals surface area (Å²) in [6, 6.07) is 7.08. The van der Waals surface area contributed by atoms with E-state index in [1.54, 1.807) is 31.2 Å². The summed E-state index contributed by atoms with van der Waals surface area (Å²) >= 11 is 0. The van der Waals surface area contributed by atoms with E-state index in [0.29, 0.717) is 11.4 Å². The zero-order valence-corrected chi connectivity index (χ0v) is 13.4. The number of carbonyl (C=O) groups excluding carboxylic acids is 1. The van der Waals surface area contributed by atoms with Crippen molar-refractivity contribution in [2.45, 2.75) is 26.9 Å². The van der Waals surface area contributed by atoms with Gasteiger partial charge in [-0.3, -0.25) is 9.59 Å². The first-order valence-electron chi connectivity index (χ1n) is 7.14. The van der Waals surface area contributed by atoms with Crippen molar-refractivity contribution < 1.29 is 24.2 Å². The van der Waals surface area contributed by atoms with Gasteiger partial charge in [-0.2, -0.15) is 0 Å². The van der Waals surface area contributed by atoms with Crippen molar-refractivity contribution in [2.75, 3.05) is 25.2 Å². The van der Waals surface area contributed by atoms with Gasteiger partial charge in [-0.05, 0) is 26.0 Å². The Morgan fingerprint density at radius 2 is 1.86 bits per heavy atom. The maximum Gasteiger partial charge on any atom is 0.308 e. The summed E-state index contributed by atoms with van der Waals surface area (Å²) in [5.41, 5.74) is 0.548. The number of nitrogens with zero attached hydrogens (tertiary/aromatic N) is 1. The molecule has 0 saturated carbocycles. The lowest BCUT2D eigenvalue weighted by Gasteiger charge is -2.27. The van der Waals surface area contributed by atoms with Crippen molar-refractivity contribution >= 4 is 17.6 Å². The predicted octanol–water partition coefficient (Wildman–Crippen LogP) is 2.17. The van der Waals surface area contributed by atoms with Crippen LogP contribution in [0.1, 0.15) is 20.8 Å². The number of rotatable bonds is 8. The Hall–Kier alpha value is -2.08. The first kappa shape index (κ1) is 18.0. The lowest BCUT2D eigenvalue weighted by atomic mass is 10.1. The summed E-state index contributed by atoms with van der Waals surface area (Å²) in [7, 11) is 1.42. The van der Waals surface area contributed by atoms with Crippen LogP contribution in [0.2, 0.25) is 0 Å². The zero-order chi connectivity index (χ0) is 16.7. The summed E-state index contributed by atoms with van der Waals surface area (Å²) < 4.78 is 10.6. The Labute approximate surface area is 130 Å². The van der Waals surface area contributed by atoms with E-state index in [1.807, 2.05) is 13.8 Å². The molecule has 0 aliphatic rings. The minimum atomic E-state index is -0.961. The van der Waals surface area contributed by atoms with Crippen LogP contribution in [0.25, 0.3) is 0 Å². The second-order valence-corrected chi connectivity index (χ2v) is 5.31.